The van der Waals surface area contributed by atoms with Gasteiger partial charge in [0, 0.05) is 43.7 Å². The van der Waals surface area contributed by atoms with E-state index in [0.29, 0.717) is 42.7 Å². The van der Waals surface area contributed by atoms with Crippen molar-refractivity contribution in [3.8, 4) is 22.8 Å². The lowest BCUT2D eigenvalue weighted by molar-refractivity contribution is -0.142. The van der Waals surface area contributed by atoms with Crippen LogP contribution < -0.4 is 15.0 Å². The van der Waals surface area contributed by atoms with Crippen molar-refractivity contribution < 1.29 is 14.3 Å². The average Bonchev–Trinajstić information content (AvgIpc) is 2.85. The number of hydrogen-bond acceptors (Lipinski definition) is 6. The monoisotopic (exact) mass is 432 g/mol. The maximum atomic E-state index is 12.9. The highest BCUT2D eigenvalue weighted by Crippen LogP contribution is 2.31. The Morgan fingerprint density at radius 2 is 1.81 bits per heavy atom. The topological polar surface area (TPSA) is 86.6 Å². The number of carbonyl (C=O) groups excluding carboxylic acids is 1. The molecule has 1 amide bonds. The van der Waals surface area contributed by atoms with Crippen molar-refractivity contribution in [3.05, 3.63) is 71.5 Å². The lowest BCUT2D eigenvalue weighted by atomic mass is 9.96. The Morgan fingerprint density at radius 3 is 2.56 bits per heavy atom. The number of para-hydroxylation sites is 2. The third-order valence-corrected chi connectivity index (χ3v) is 6.02. The smallest absolute Gasteiger partial charge is 0.267 e. The molecule has 0 bridgehead atoms. The zero-order valence-electron chi connectivity index (χ0n) is 17.6. The lowest BCUT2D eigenvalue weighted by Crippen LogP contribution is -2.49. The van der Waals surface area contributed by atoms with E-state index < -0.39 is 6.10 Å². The summed E-state index contributed by atoms with van der Waals surface area (Å²) in [6.45, 7) is 2.10. The number of rotatable bonds is 4. The van der Waals surface area contributed by atoms with Gasteiger partial charge in [-0.3, -0.25) is 19.1 Å². The Balaban J connectivity index is 1.17. The van der Waals surface area contributed by atoms with Gasteiger partial charge in [-0.05, 0) is 43.0 Å². The number of nitrogens with zero attached hydrogens (tertiary/aromatic N) is 4. The summed E-state index contributed by atoms with van der Waals surface area (Å²) in [7, 11) is 0. The minimum Gasteiger partial charge on any atom is -0.485 e. The van der Waals surface area contributed by atoms with Gasteiger partial charge in [0.1, 0.15) is 6.61 Å². The van der Waals surface area contributed by atoms with Crippen LogP contribution in [0, 0.1) is 5.92 Å². The fourth-order valence-corrected chi connectivity index (χ4v) is 4.20. The number of likely N-dealkylation sites (tertiary alicyclic amines) is 1. The highest BCUT2D eigenvalue weighted by Gasteiger charge is 2.33. The van der Waals surface area contributed by atoms with Crippen LogP contribution in [0.15, 0.2) is 66.0 Å². The Bertz CT molecular complexity index is 1160. The van der Waals surface area contributed by atoms with Crippen LogP contribution in [-0.4, -0.2) is 51.1 Å². The summed E-state index contributed by atoms with van der Waals surface area (Å²) in [6.07, 6.45) is 6.01. The highest BCUT2D eigenvalue weighted by atomic mass is 16.6. The predicted molar refractivity (Wildman–Crippen MR) is 117 cm³/mol. The molecule has 0 N–H and O–H groups in total. The van der Waals surface area contributed by atoms with Gasteiger partial charge in [0.05, 0.1) is 12.0 Å². The molecule has 4 heterocycles. The second kappa shape index (κ2) is 8.82. The molecule has 1 atom stereocenters. The van der Waals surface area contributed by atoms with Crippen LogP contribution in [0.5, 0.6) is 11.5 Å². The van der Waals surface area contributed by atoms with Crippen LogP contribution in [0.25, 0.3) is 11.3 Å². The largest absolute Gasteiger partial charge is 0.485 e. The first kappa shape index (κ1) is 20.2. The van der Waals surface area contributed by atoms with E-state index in [0.717, 1.165) is 18.4 Å². The summed E-state index contributed by atoms with van der Waals surface area (Å²) in [4.78, 5) is 35.8. The minimum atomic E-state index is -0.617. The summed E-state index contributed by atoms with van der Waals surface area (Å²) in [5, 5.41) is 0. The third kappa shape index (κ3) is 4.21. The fourth-order valence-electron chi connectivity index (χ4n) is 4.20. The molecule has 1 aromatic carbocycles. The molecule has 32 heavy (non-hydrogen) atoms. The molecule has 1 fully saturated rings. The van der Waals surface area contributed by atoms with Crippen molar-refractivity contribution in [1.82, 2.24) is 19.4 Å². The van der Waals surface area contributed by atoms with Crippen molar-refractivity contribution in [2.24, 2.45) is 5.92 Å². The maximum absolute atomic E-state index is 12.9. The van der Waals surface area contributed by atoms with Crippen LogP contribution in [0.2, 0.25) is 0 Å². The Kier molecular flexibility index (Phi) is 5.58. The number of hydrogen-bond donors (Lipinski definition) is 0. The fraction of sp³-hybridized carbons (Fsp3) is 0.333. The van der Waals surface area contributed by atoms with Crippen molar-refractivity contribution in [1.29, 1.82) is 0 Å². The third-order valence-electron chi connectivity index (χ3n) is 6.02. The molecule has 0 spiro atoms. The highest BCUT2D eigenvalue weighted by molar-refractivity contribution is 5.82. The van der Waals surface area contributed by atoms with E-state index in [-0.39, 0.29) is 18.1 Å². The second-order valence-electron chi connectivity index (χ2n) is 8.13. The molecule has 0 saturated carbocycles. The van der Waals surface area contributed by atoms with Crippen molar-refractivity contribution in [3.63, 3.8) is 0 Å². The van der Waals surface area contributed by atoms with Crippen LogP contribution in [0.3, 0.4) is 0 Å². The van der Waals surface area contributed by atoms with Crippen molar-refractivity contribution in [2.75, 3.05) is 19.7 Å². The quantitative estimate of drug-likeness (QED) is 0.629. The molecule has 3 aromatic rings. The van der Waals surface area contributed by atoms with E-state index >= 15 is 0 Å². The molecule has 2 aromatic heterocycles. The number of pyridine rings is 1. The Labute approximate surface area is 185 Å². The predicted octanol–water partition coefficient (Wildman–Crippen LogP) is 2.38. The van der Waals surface area contributed by atoms with E-state index in [1.807, 2.05) is 41.3 Å². The average molecular weight is 432 g/mol. The molecule has 164 valence electrons. The van der Waals surface area contributed by atoms with E-state index in [4.69, 9.17) is 9.47 Å². The first-order valence-corrected chi connectivity index (χ1v) is 10.8. The van der Waals surface area contributed by atoms with Gasteiger partial charge < -0.3 is 14.4 Å². The number of amides is 1. The molecular formula is C24H24N4O4. The van der Waals surface area contributed by atoms with Crippen LogP contribution in [0.1, 0.15) is 12.8 Å². The number of aromatic nitrogens is 3. The van der Waals surface area contributed by atoms with E-state index in [1.165, 1.54) is 0 Å². The van der Waals surface area contributed by atoms with E-state index in [9.17, 15) is 9.59 Å². The summed E-state index contributed by atoms with van der Waals surface area (Å²) in [6, 6.07) is 12.6. The molecule has 2 aliphatic heterocycles. The molecule has 8 nitrogen and oxygen atoms in total. The van der Waals surface area contributed by atoms with Gasteiger partial charge in [0.15, 0.2) is 11.5 Å². The van der Waals surface area contributed by atoms with Crippen LogP contribution >= 0.6 is 0 Å². The lowest BCUT2D eigenvalue weighted by Gasteiger charge is -2.35. The SMILES string of the molecule is O=C(C1COc2ccccc2O1)N1CCC(Cn2cnc(-c3ccncc3)cc2=O)CC1. The van der Waals surface area contributed by atoms with Gasteiger partial charge in [-0.1, -0.05) is 12.1 Å². The summed E-state index contributed by atoms with van der Waals surface area (Å²) >= 11 is 0. The van der Waals surface area contributed by atoms with Gasteiger partial charge in [-0.15, -0.1) is 0 Å². The number of fused-ring (bicyclic) bond motifs is 1. The normalized spacial score (nSPS) is 18.4. The second-order valence-corrected chi connectivity index (χ2v) is 8.13. The van der Waals surface area contributed by atoms with Crippen molar-refractivity contribution >= 4 is 5.91 Å². The van der Waals surface area contributed by atoms with Gasteiger partial charge in [-0.2, -0.15) is 0 Å². The van der Waals surface area contributed by atoms with Crippen molar-refractivity contribution in [2.45, 2.75) is 25.5 Å². The summed E-state index contributed by atoms with van der Waals surface area (Å²) < 4.78 is 13.2. The van der Waals surface area contributed by atoms with Crippen LogP contribution in [-0.2, 0) is 11.3 Å². The van der Waals surface area contributed by atoms with E-state index in [1.54, 1.807) is 29.4 Å². The Morgan fingerprint density at radius 1 is 1.06 bits per heavy atom. The molecule has 0 radical (unpaired) electrons. The molecule has 1 unspecified atom stereocenters. The maximum Gasteiger partial charge on any atom is 0.267 e. The Hall–Kier alpha value is -3.68. The van der Waals surface area contributed by atoms with E-state index in [2.05, 4.69) is 9.97 Å². The zero-order chi connectivity index (χ0) is 21.9. The molecular weight excluding hydrogens is 408 g/mol. The minimum absolute atomic E-state index is 0.0431. The number of benzene rings is 1. The molecule has 2 aliphatic rings. The van der Waals surface area contributed by atoms with Gasteiger partial charge >= 0.3 is 0 Å². The standard InChI is InChI=1S/C24H24N4O4/c29-23-13-19(18-5-9-25-10-6-18)26-16-28(23)14-17-7-11-27(12-8-17)24(30)22-15-31-20-3-1-2-4-21(20)32-22/h1-6,9-10,13,16-17,22H,7-8,11-12,14-15H2. The van der Waals surface area contributed by atoms with Gasteiger partial charge in [0.2, 0.25) is 6.10 Å². The first-order chi connectivity index (χ1) is 15.7. The first-order valence-electron chi connectivity index (χ1n) is 10.8. The number of ether oxygens (including phenoxy) is 2. The van der Waals surface area contributed by atoms with Crippen LogP contribution in [0.4, 0.5) is 0 Å². The zero-order valence-corrected chi connectivity index (χ0v) is 17.6. The van der Waals surface area contributed by atoms with Gasteiger partial charge in [-0.25, -0.2) is 4.98 Å². The summed E-state index contributed by atoms with van der Waals surface area (Å²) in [5.41, 5.74) is 1.44. The van der Waals surface area contributed by atoms with Gasteiger partial charge in [0.25, 0.3) is 11.5 Å². The summed E-state index contributed by atoms with van der Waals surface area (Å²) in [5.74, 6) is 1.55. The molecule has 1 saturated heterocycles. The number of carbonyl (C=O) groups is 1. The number of piperidine rings is 1. The molecule has 0 aliphatic carbocycles. The molecule has 5 rings (SSSR count). The molecule has 8 heteroatoms.